The number of hydrogen-bond donors (Lipinski definition) is 0. The first-order valence-corrected chi connectivity index (χ1v) is 4.96. The molecule has 14 heavy (non-hydrogen) atoms. The van der Waals surface area contributed by atoms with Crippen molar-refractivity contribution in [3.63, 3.8) is 0 Å². The molecule has 0 amide bonds. The molecule has 0 aliphatic heterocycles. The number of hydrogen-bond acceptors (Lipinski definition) is 1. The minimum Gasteiger partial charge on any atom is -0.330 e. The summed E-state index contributed by atoms with van der Waals surface area (Å²) in [6.07, 6.45) is 1.93. The number of rotatable bonds is 1. The second-order valence-electron chi connectivity index (χ2n) is 4.92. The lowest BCUT2D eigenvalue weighted by Crippen LogP contribution is -2.14. The molecule has 1 heterocycles. The Balaban J connectivity index is 2.44. The third-order valence-corrected chi connectivity index (χ3v) is 2.17. The predicted molar refractivity (Wildman–Crippen MR) is 59.2 cm³/mol. The fraction of sp³-hybridized carbons (Fsp3) is 0.417. The van der Waals surface area contributed by atoms with Gasteiger partial charge in [0, 0.05) is 6.54 Å². The summed E-state index contributed by atoms with van der Waals surface area (Å²) >= 11 is 0. The van der Waals surface area contributed by atoms with Crippen LogP contribution in [0.4, 0.5) is 0 Å². The fourth-order valence-electron chi connectivity index (χ4n) is 1.65. The van der Waals surface area contributed by atoms with E-state index in [0.29, 0.717) is 5.41 Å². The molecule has 2 aromatic rings. The number of para-hydroxylation sites is 2. The molecule has 0 unspecified atom stereocenters. The number of aromatic nitrogens is 2. The van der Waals surface area contributed by atoms with Gasteiger partial charge in [0.15, 0.2) is 0 Å². The maximum absolute atomic E-state index is 4.37. The van der Waals surface area contributed by atoms with Crippen LogP contribution in [0.2, 0.25) is 0 Å². The van der Waals surface area contributed by atoms with Gasteiger partial charge in [-0.05, 0) is 17.5 Å². The summed E-state index contributed by atoms with van der Waals surface area (Å²) in [5.41, 5.74) is 2.60. The molecule has 74 valence electrons. The fourth-order valence-corrected chi connectivity index (χ4v) is 1.65. The van der Waals surface area contributed by atoms with Gasteiger partial charge in [0.1, 0.15) is 0 Å². The normalized spacial score (nSPS) is 12.2. The average molecular weight is 188 g/mol. The number of fused-ring (bicyclic) bond motifs is 1. The molecule has 0 atom stereocenters. The summed E-state index contributed by atoms with van der Waals surface area (Å²) in [7, 11) is 0. The van der Waals surface area contributed by atoms with E-state index in [1.54, 1.807) is 0 Å². The lowest BCUT2D eigenvalue weighted by atomic mass is 9.97. The van der Waals surface area contributed by atoms with Crippen LogP contribution >= 0.6 is 0 Å². The molecule has 0 spiro atoms. The lowest BCUT2D eigenvalue weighted by Gasteiger charge is -2.19. The van der Waals surface area contributed by atoms with Crippen LogP contribution in [0.15, 0.2) is 30.6 Å². The Hall–Kier alpha value is -1.31. The maximum Gasteiger partial charge on any atom is 0.0958 e. The van der Waals surface area contributed by atoms with Crippen LogP contribution in [0, 0.1) is 5.41 Å². The van der Waals surface area contributed by atoms with E-state index >= 15 is 0 Å². The summed E-state index contributed by atoms with van der Waals surface area (Å²) in [4.78, 5) is 4.37. The highest BCUT2D eigenvalue weighted by Crippen LogP contribution is 2.20. The standard InChI is InChI=1S/C12H16N2/c1-12(2,3)8-14-9-13-10-6-4-5-7-11(10)14/h4-7,9H,8H2,1-3H3. The first-order valence-electron chi connectivity index (χ1n) is 4.96. The third kappa shape index (κ3) is 1.79. The molecule has 0 N–H and O–H groups in total. The SMILES string of the molecule is CC(C)(C)Cn1cnc2ccccc21. The number of imidazole rings is 1. The van der Waals surface area contributed by atoms with E-state index in [4.69, 9.17) is 0 Å². The molecule has 2 rings (SSSR count). The Kier molecular flexibility index (Phi) is 2.06. The second kappa shape index (κ2) is 3.12. The summed E-state index contributed by atoms with van der Waals surface area (Å²) in [6.45, 7) is 7.72. The monoisotopic (exact) mass is 188 g/mol. The molecule has 0 saturated heterocycles. The predicted octanol–water partition coefficient (Wildman–Crippen LogP) is 3.08. The van der Waals surface area contributed by atoms with E-state index in [0.717, 1.165) is 12.1 Å². The molecule has 0 radical (unpaired) electrons. The Labute approximate surface area is 84.6 Å². The van der Waals surface area contributed by atoms with Crippen LogP contribution in [0.5, 0.6) is 0 Å². The minimum atomic E-state index is 0.295. The summed E-state index contributed by atoms with van der Waals surface area (Å²) < 4.78 is 2.22. The molecule has 0 bridgehead atoms. The molecule has 2 heteroatoms. The van der Waals surface area contributed by atoms with Gasteiger partial charge in [-0.15, -0.1) is 0 Å². The van der Waals surface area contributed by atoms with Crippen molar-refractivity contribution >= 4 is 11.0 Å². The zero-order chi connectivity index (χ0) is 10.2. The largest absolute Gasteiger partial charge is 0.330 e. The molecule has 0 fully saturated rings. The van der Waals surface area contributed by atoms with Crippen LogP contribution in [0.3, 0.4) is 0 Å². The van der Waals surface area contributed by atoms with Crippen molar-refractivity contribution in [1.82, 2.24) is 9.55 Å². The van der Waals surface area contributed by atoms with E-state index in [1.807, 2.05) is 12.4 Å². The van der Waals surface area contributed by atoms with Gasteiger partial charge in [0.05, 0.1) is 17.4 Å². The Morgan fingerprint density at radius 3 is 2.64 bits per heavy atom. The topological polar surface area (TPSA) is 17.8 Å². The van der Waals surface area contributed by atoms with Gasteiger partial charge in [-0.1, -0.05) is 32.9 Å². The number of nitrogens with zero attached hydrogens (tertiary/aromatic N) is 2. The molecule has 0 saturated carbocycles. The maximum atomic E-state index is 4.37. The van der Waals surface area contributed by atoms with Crippen molar-refractivity contribution in [3.8, 4) is 0 Å². The molecular weight excluding hydrogens is 172 g/mol. The van der Waals surface area contributed by atoms with Crippen LogP contribution in [0.1, 0.15) is 20.8 Å². The van der Waals surface area contributed by atoms with E-state index < -0.39 is 0 Å². The summed E-state index contributed by atoms with van der Waals surface area (Å²) in [6, 6.07) is 8.25. The van der Waals surface area contributed by atoms with E-state index in [2.05, 4.69) is 48.5 Å². The van der Waals surface area contributed by atoms with Crippen LogP contribution in [-0.2, 0) is 6.54 Å². The van der Waals surface area contributed by atoms with Crippen molar-refractivity contribution in [1.29, 1.82) is 0 Å². The van der Waals surface area contributed by atoms with Crippen molar-refractivity contribution < 1.29 is 0 Å². The molecule has 0 aliphatic rings. The summed E-state index contributed by atoms with van der Waals surface area (Å²) in [5.74, 6) is 0. The highest BCUT2D eigenvalue weighted by Gasteiger charge is 2.12. The van der Waals surface area contributed by atoms with Crippen molar-refractivity contribution in [2.24, 2.45) is 5.41 Å². The van der Waals surface area contributed by atoms with Gasteiger partial charge in [-0.3, -0.25) is 0 Å². The number of benzene rings is 1. The third-order valence-electron chi connectivity index (χ3n) is 2.17. The van der Waals surface area contributed by atoms with Gasteiger partial charge >= 0.3 is 0 Å². The van der Waals surface area contributed by atoms with Gasteiger partial charge < -0.3 is 4.57 Å². The quantitative estimate of drug-likeness (QED) is 0.672. The summed E-state index contributed by atoms with van der Waals surface area (Å²) in [5, 5.41) is 0. The Morgan fingerprint density at radius 2 is 1.93 bits per heavy atom. The molecule has 2 nitrogen and oxygen atoms in total. The minimum absolute atomic E-state index is 0.295. The van der Waals surface area contributed by atoms with E-state index in [9.17, 15) is 0 Å². The van der Waals surface area contributed by atoms with Crippen molar-refractivity contribution in [2.75, 3.05) is 0 Å². The average Bonchev–Trinajstić information content (AvgIpc) is 2.47. The zero-order valence-electron chi connectivity index (χ0n) is 8.99. The first-order chi connectivity index (χ1) is 6.56. The van der Waals surface area contributed by atoms with Crippen LogP contribution < -0.4 is 0 Å². The van der Waals surface area contributed by atoms with Crippen molar-refractivity contribution in [2.45, 2.75) is 27.3 Å². The van der Waals surface area contributed by atoms with Gasteiger partial charge in [0.2, 0.25) is 0 Å². The van der Waals surface area contributed by atoms with Gasteiger partial charge in [0.25, 0.3) is 0 Å². The van der Waals surface area contributed by atoms with E-state index in [-0.39, 0.29) is 0 Å². The van der Waals surface area contributed by atoms with Crippen LogP contribution in [0.25, 0.3) is 11.0 Å². The van der Waals surface area contributed by atoms with Gasteiger partial charge in [-0.2, -0.15) is 0 Å². The molecule has 0 aliphatic carbocycles. The lowest BCUT2D eigenvalue weighted by molar-refractivity contribution is 0.348. The Morgan fingerprint density at radius 1 is 1.21 bits per heavy atom. The smallest absolute Gasteiger partial charge is 0.0958 e. The van der Waals surface area contributed by atoms with Crippen LogP contribution in [-0.4, -0.2) is 9.55 Å². The second-order valence-corrected chi connectivity index (χ2v) is 4.92. The zero-order valence-corrected chi connectivity index (χ0v) is 8.99. The molecular formula is C12H16N2. The molecule has 1 aromatic carbocycles. The first kappa shape index (κ1) is 9.25. The Bertz CT molecular complexity index is 435. The highest BCUT2D eigenvalue weighted by molar-refractivity contribution is 5.74. The molecule has 1 aromatic heterocycles. The van der Waals surface area contributed by atoms with E-state index in [1.165, 1.54) is 5.52 Å². The van der Waals surface area contributed by atoms with Crippen molar-refractivity contribution in [3.05, 3.63) is 30.6 Å². The highest BCUT2D eigenvalue weighted by atomic mass is 15.0. The van der Waals surface area contributed by atoms with Gasteiger partial charge in [-0.25, -0.2) is 4.98 Å².